The quantitative estimate of drug-likeness (QED) is 0.623. The number of esters is 1. The number of carbonyl (C=O) groups excluding carboxylic acids is 1. The van der Waals surface area contributed by atoms with E-state index in [4.69, 9.17) is 4.74 Å². The summed E-state index contributed by atoms with van der Waals surface area (Å²) < 4.78 is 5.48. The maximum Gasteiger partial charge on any atom is 0.338 e. The average Bonchev–Trinajstić information content (AvgIpc) is 2.53. The van der Waals surface area contributed by atoms with Gasteiger partial charge in [-0.15, -0.1) is 6.58 Å². The monoisotopic (exact) mass is 271 g/mol. The van der Waals surface area contributed by atoms with E-state index in [9.17, 15) is 4.79 Å². The molecule has 2 bridgehead atoms. The van der Waals surface area contributed by atoms with Crippen molar-refractivity contribution in [3.8, 4) is 0 Å². The van der Waals surface area contributed by atoms with Gasteiger partial charge in [-0.05, 0) is 43.4 Å². The summed E-state index contributed by atoms with van der Waals surface area (Å²) in [4.78, 5) is 14.4. The molecule has 1 unspecified atom stereocenters. The molecule has 4 rings (SSSR count). The molecule has 3 aliphatic heterocycles. The van der Waals surface area contributed by atoms with Crippen LogP contribution in [0.25, 0.3) is 0 Å². The standard InChI is InChI=1S/C17H21NO2/c1-2-13-11-18-9-8-15(13)10-16(18)12-20-17(19)14-6-4-3-5-7-14/h2-7,13,15-16H,1,8-12H2/t13-,15-,16+/m0/s1. The van der Waals surface area contributed by atoms with E-state index in [1.807, 2.05) is 18.2 Å². The van der Waals surface area contributed by atoms with Gasteiger partial charge in [0.1, 0.15) is 6.61 Å². The zero-order chi connectivity index (χ0) is 13.9. The number of carbonyl (C=O) groups is 1. The van der Waals surface area contributed by atoms with Gasteiger partial charge in [-0.25, -0.2) is 4.79 Å². The van der Waals surface area contributed by atoms with Crippen LogP contribution in [0.1, 0.15) is 23.2 Å². The molecule has 3 heterocycles. The Morgan fingerprint density at radius 2 is 2.20 bits per heavy atom. The third kappa shape index (κ3) is 2.63. The highest BCUT2D eigenvalue weighted by Crippen LogP contribution is 2.36. The van der Waals surface area contributed by atoms with Gasteiger partial charge in [0, 0.05) is 12.6 Å². The van der Waals surface area contributed by atoms with Gasteiger partial charge in [-0.2, -0.15) is 0 Å². The highest BCUT2D eigenvalue weighted by atomic mass is 16.5. The second kappa shape index (κ2) is 5.80. The molecule has 3 heteroatoms. The van der Waals surface area contributed by atoms with Crippen molar-refractivity contribution in [1.29, 1.82) is 0 Å². The molecule has 3 aliphatic rings. The lowest BCUT2D eigenvalue weighted by atomic mass is 9.76. The van der Waals surface area contributed by atoms with Gasteiger partial charge in [0.05, 0.1) is 5.56 Å². The van der Waals surface area contributed by atoms with Gasteiger partial charge < -0.3 is 4.74 Å². The lowest BCUT2D eigenvalue weighted by molar-refractivity contribution is -0.0187. The number of hydrogen-bond donors (Lipinski definition) is 0. The van der Waals surface area contributed by atoms with Crippen molar-refractivity contribution >= 4 is 5.97 Å². The number of nitrogens with zero attached hydrogens (tertiary/aromatic N) is 1. The molecule has 0 amide bonds. The van der Waals surface area contributed by atoms with Crippen molar-refractivity contribution in [3.63, 3.8) is 0 Å². The van der Waals surface area contributed by atoms with Crippen LogP contribution < -0.4 is 0 Å². The van der Waals surface area contributed by atoms with E-state index < -0.39 is 0 Å². The Bertz CT molecular complexity index is 485. The first-order valence-electron chi connectivity index (χ1n) is 7.36. The highest BCUT2D eigenvalue weighted by Gasteiger charge is 2.39. The van der Waals surface area contributed by atoms with Crippen molar-refractivity contribution in [2.75, 3.05) is 19.7 Å². The molecule has 1 aromatic rings. The molecular formula is C17H21NO2. The molecule has 3 saturated heterocycles. The van der Waals surface area contributed by atoms with Gasteiger partial charge >= 0.3 is 5.97 Å². The Morgan fingerprint density at radius 1 is 1.40 bits per heavy atom. The lowest BCUT2D eigenvalue weighted by Gasteiger charge is -2.48. The van der Waals surface area contributed by atoms with Crippen LogP contribution in [0.4, 0.5) is 0 Å². The molecule has 0 radical (unpaired) electrons. The van der Waals surface area contributed by atoms with Crippen LogP contribution >= 0.6 is 0 Å². The molecular weight excluding hydrogens is 250 g/mol. The molecule has 0 aliphatic carbocycles. The van der Waals surface area contributed by atoms with Crippen molar-refractivity contribution < 1.29 is 9.53 Å². The summed E-state index contributed by atoms with van der Waals surface area (Å²) in [5.41, 5.74) is 0.632. The minimum Gasteiger partial charge on any atom is -0.460 e. The third-order valence-electron chi connectivity index (χ3n) is 4.65. The van der Waals surface area contributed by atoms with E-state index in [0.29, 0.717) is 24.1 Å². The van der Waals surface area contributed by atoms with Crippen LogP contribution in [0.5, 0.6) is 0 Å². The summed E-state index contributed by atoms with van der Waals surface area (Å²) in [6, 6.07) is 9.59. The Labute approximate surface area is 120 Å². The van der Waals surface area contributed by atoms with Crippen LogP contribution in [0.2, 0.25) is 0 Å². The molecule has 1 aromatic carbocycles. The summed E-state index contributed by atoms with van der Waals surface area (Å²) in [6.45, 7) is 6.64. The smallest absolute Gasteiger partial charge is 0.338 e. The van der Waals surface area contributed by atoms with E-state index in [1.165, 1.54) is 6.42 Å². The summed E-state index contributed by atoms with van der Waals surface area (Å²) in [6.07, 6.45) is 4.46. The Balaban J connectivity index is 1.55. The molecule has 0 N–H and O–H groups in total. The lowest BCUT2D eigenvalue weighted by Crippen LogP contribution is -2.54. The van der Waals surface area contributed by atoms with Gasteiger partial charge in [-0.1, -0.05) is 24.3 Å². The molecule has 3 fully saturated rings. The minimum absolute atomic E-state index is 0.214. The number of piperidine rings is 3. The molecule has 0 aromatic heterocycles. The largest absolute Gasteiger partial charge is 0.460 e. The fourth-order valence-electron chi connectivity index (χ4n) is 3.45. The fourth-order valence-corrected chi connectivity index (χ4v) is 3.45. The number of fused-ring (bicyclic) bond motifs is 3. The highest BCUT2D eigenvalue weighted by molar-refractivity contribution is 5.89. The van der Waals surface area contributed by atoms with E-state index in [1.54, 1.807) is 12.1 Å². The van der Waals surface area contributed by atoms with E-state index in [0.717, 1.165) is 25.4 Å². The Kier molecular flexibility index (Phi) is 3.88. The number of benzene rings is 1. The van der Waals surface area contributed by atoms with Crippen molar-refractivity contribution in [2.24, 2.45) is 11.8 Å². The van der Waals surface area contributed by atoms with E-state index in [-0.39, 0.29) is 5.97 Å². The number of ether oxygens (including phenoxy) is 1. The maximum absolute atomic E-state index is 12.0. The number of rotatable bonds is 4. The van der Waals surface area contributed by atoms with Crippen LogP contribution in [0.3, 0.4) is 0 Å². The van der Waals surface area contributed by atoms with Crippen LogP contribution in [-0.2, 0) is 4.74 Å². The van der Waals surface area contributed by atoms with Crippen LogP contribution in [0, 0.1) is 11.8 Å². The molecule has 0 saturated carbocycles. The summed E-state index contributed by atoms with van der Waals surface area (Å²) in [7, 11) is 0. The molecule has 106 valence electrons. The van der Waals surface area contributed by atoms with E-state index in [2.05, 4.69) is 17.6 Å². The first-order chi connectivity index (χ1) is 9.78. The predicted octanol–water partition coefficient (Wildman–Crippen LogP) is 2.74. The van der Waals surface area contributed by atoms with E-state index >= 15 is 0 Å². The average molecular weight is 271 g/mol. The first-order valence-corrected chi connectivity index (χ1v) is 7.36. The van der Waals surface area contributed by atoms with Gasteiger partial charge in [0.15, 0.2) is 0 Å². The topological polar surface area (TPSA) is 29.5 Å². The minimum atomic E-state index is -0.214. The van der Waals surface area contributed by atoms with Crippen molar-refractivity contribution in [1.82, 2.24) is 4.90 Å². The van der Waals surface area contributed by atoms with Crippen LogP contribution in [0.15, 0.2) is 43.0 Å². The van der Waals surface area contributed by atoms with Crippen LogP contribution in [-0.4, -0.2) is 36.6 Å². The SMILES string of the molecule is C=C[C@H]1CN2CC[C@H]1C[C@@H]2COC(=O)c1ccccc1. The number of hydrogen-bond acceptors (Lipinski definition) is 3. The molecule has 20 heavy (non-hydrogen) atoms. The van der Waals surface area contributed by atoms with Gasteiger partial charge in [0.2, 0.25) is 0 Å². The Hall–Kier alpha value is -1.61. The zero-order valence-corrected chi connectivity index (χ0v) is 11.7. The summed E-state index contributed by atoms with van der Waals surface area (Å²) >= 11 is 0. The first kappa shape index (κ1) is 13.4. The maximum atomic E-state index is 12.0. The summed E-state index contributed by atoms with van der Waals surface area (Å²) in [5.74, 6) is 1.12. The second-order valence-electron chi connectivity index (χ2n) is 5.80. The van der Waals surface area contributed by atoms with Crippen molar-refractivity contribution in [2.45, 2.75) is 18.9 Å². The Morgan fingerprint density at radius 3 is 2.85 bits per heavy atom. The molecule has 3 nitrogen and oxygen atoms in total. The zero-order valence-electron chi connectivity index (χ0n) is 11.7. The molecule has 4 atom stereocenters. The summed E-state index contributed by atoms with van der Waals surface area (Å²) in [5, 5.41) is 0. The van der Waals surface area contributed by atoms with Crippen molar-refractivity contribution in [3.05, 3.63) is 48.6 Å². The second-order valence-corrected chi connectivity index (χ2v) is 5.80. The fraction of sp³-hybridized carbons (Fsp3) is 0.471. The third-order valence-corrected chi connectivity index (χ3v) is 4.65. The molecule has 0 spiro atoms. The normalized spacial score (nSPS) is 31.8. The predicted molar refractivity (Wildman–Crippen MR) is 78.5 cm³/mol. The van der Waals surface area contributed by atoms with Gasteiger partial charge in [0.25, 0.3) is 0 Å². The van der Waals surface area contributed by atoms with Gasteiger partial charge in [-0.3, -0.25) is 4.90 Å².